The van der Waals surface area contributed by atoms with E-state index in [1.165, 1.54) is 19.2 Å². The normalized spacial score (nSPS) is 10.4. The molecule has 0 radical (unpaired) electrons. The zero-order valence-corrected chi connectivity index (χ0v) is 16.5. The van der Waals surface area contributed by atoms with Crippen molar-refractivity contribution in [1.29, 1.82) is 0 Å². The monoisotopic (exact) mass is 476 g/mol. The first-order chi connectivity index (χ1) is 11.2. The predicted octanol–water partition coefficient (Wildman–Crippen LogP) is 5.34. The van der Waals surface area contributed by atoms with Gasteiger partial charge in [-0.1, -0.05) is 27.5 Å². The van der Waals surface area contributed by atoms with E-state index >= 15 is 0 Å². The lowest BCUT2D eigenvalue weighted by Gasteiger charge is -2.13. The Labute approximate surface area is 159 Å². The molecule has 2 aromatic rings. The van der Waals surface area contributed by atoms with Gasteiger partial charge < -0.3 is 10.1 Å². The Bertz CT molecular complexity index is 843. The lowest BCUT2D eigenvalue weighted by Crippen LogP contribution is -2.14. The van der Waals surface area contributed by atoms with E-state index in [4.69, 9.17) is 16.3 Å². The smallest absolute Gasteiger partial charge is 0.288 e. The second-order valence-corrected chi connectivity index (χ2v) is 6.98. The van der Waals surface area contributed by atoms with Crippen LogP contribution in [0.2, 0.25) is 5.02 Å². The molecule has 0 aliphatic heterocycles. The summed E-state index contributed by atoms with van der Waals surface area (Å²) in [6.45, 7) is 1.65. The summed E-state index contributed by atoms with van der Waals surface area (Å²) in [5.41, 5.74) is 0.990. The van der Waals surface area contributed by atoms with Crippen LogP contribution in [0.25, 0.3) is 0 Å². The fourth-order valence-corrected chi connectivity index (χ4v) is 3.69. The summed E-state index contributed by atoms with van der Waals surface area (Å²) in [6.07, 6.45) is 0. The molecule has 1 N–H and O–H groups in total. The predicted molar refractivity (Wildman–Crippen MR) is 99.2 cm³/mol. The Morgan fingerprint density at radius 3 is 2.54 bits per heavy atom. The number of amides is 1. The molecule has 0 atom stereocenters. The van der Waals surface area contributed by atoms with Crippen LogP contribution in [0.3, 0.4) is 0 Å². The first-order valence-corrected chi connectivity index (χ1v) is 8.50. The molecule has 0 spiro atoms. The number of halogens is 3. The zero-order valence-electron chi connectivity index (χ0n) is 12.5. The van der Waals surface area contributed by atoms with Crippen LogP contribution in [0.1, 0.15) is 15.9 Å². The third kappa shape index (κ3) is 3.88. The molecule has 0 aliphatic rings. The minimum absolute atomic E-state index is 0.0525. The number of hydrogen-bond acceptors (Lipinski definition) is 4. The Kier molecular flexibility index (Phi) is 5.84. The summed E-state index contributed by atoms with van der Waals surface area (Å²) in [5, 5.41) is 13.5. The number of carbonyl (C=O) groups excluding carboxylic acids is 1. The number of nitrogens with zero attached hydrogens (tertiary/aromatic N) is 1. The largest absolute Gasteiger partial charge is 0.495 e. The van der Waals surface area contributed by atoms with E-state index in [1.54, 1.807) is 19.1 Å². The van der Waals surface area contributed by atoms with Crippen LogP contribution in [0, 0.1) is 17.0 Å². The molecule has 0 aliphatic carbocycles. The van der Waals surface area contributed by atoms with Gasteiger partial charge in [-0.15, -0.1) is 0 Å². The van der Waals surface area contributed by atoms with Gasteiger partial charge in [0.15, 0.2) is 0 Å². The molecule has 0 saturated carbocycles. The number of methoxy groups -OCH3 is 1. The van der Waals surface area contributed by atoms with Crippen molar-refractivity contribution in [1.82, 2.24) is 0 Å². The van der Waals surface area contributed by atoms with Gasteiger partial charge in [-0.2, -0.15) is 0 Å². The molecule has 0 saturated heterocycles. The molecule has 6 nitrogen and oxygen atoms in total. The third-order valence-electron chi connectivity index (χ3n) is 3.20. The summed E-state index contributed by atoms with van der Waals surface area (Å²) in [5.74, 6) is -0.0526. The molecule has 2 rings (SSSR count). The van der Waals surface area contributed by atoms with Gasteiger partial charge in [-0.05, 0) is 46.6 Å². The van der Waals surface area contributed by atoms with Gasteiger partial charge in [0.25, 0.3) is 11.6 Å². The molecule has 1 amide bonds. The summed E-state index contributed by atoms with van der Waals surface area (Å²) in [7, 11) is 1.46. The summed E-state index contributed by atoms with van der Waals surface area (Å²) < 4.78 is 6.56. The maximum Gasteiger partial charge on any atom is 0.288 e. The van der Waals surface area contributed by atoms with E-state index in [0.29, 0.717) is 31.5 Å². The molecule has 126 valence electrons. The highest BCUT2D eigenvalue weighted by atomic mass is 79.9. The summed E-state index contributed by atoms with van der Waals surface area (Å²) in [6, 6.07) is 6.03. The van der Waals surface area contributed by atoms with E-state index in [1.807, 2.05) is 0 Å². The topological polar surface area (TPSA) is 81.5 Å². The lowest BCUT2D eigenvalue weighted by atomic mass is 10.1. The third-order valence-corrected chi connectivity index (χ3v) is 4.55. The number of nitrogens with one attached hydrogen (secondary N) is 1. The SMILES string of the molecule is COc1c(Br)cc(Br)cc1C(=O)Nc1cc(Cl)c([N+](=O)[O-])cc1C. The number of nitro groups is 1. The molecule has 2 aromatic carbocycles. The van der Waals surface area contributed by atoms with Crippen LogP contribution in [-0.2, 0) is 0 Å². The number of hydrogen-bond donors (Lipinski definition) is 1. The van der Waals surface area contributed by atoms with Gasteiger partial charge in [-0.25, -0.2) is 0 Å². The first-order valence-electron chi connectivity index (χ1n) is 6.53. The maximum atomic E-state index is 12.6. The van der Waals surface area contributed by atoms with Crippen LogP contribution < -0.4 is 10.1 Å². The quantitative estimate of drug-likeness (QED) is 0.475. The van der Waals surface area contributed by atoms with Gasteiger partial charge in [0.2, 0.25) is 0 Å². The second kappa shape index (κ2) is 7.50. The number of rotatable bonds is 4. The molecule has 0 fully saturated rings. The average molecular weight is 479 g/mol. The molecule has 0 heterocycles. The number of anilines is 1. The van der Waals surface area contributed by atoms with Gasteiger partial charge in [0, 0.05) is 16.2 Å². The molecular weight excluding hydrogens is 467 g/mol. The standard InChI is InChI=1S/C15H11Br2ClN2O4/c1-7-3-13(20(22)23)11(18)6-12(7)19-15(21)9-4-8(16)5-10(17)14(9)24-2/h3-6H,1-2H3,(H,19,21). The molecule has 9 heteroatoms. The van der Waals surface area contributed by atoms with E-state index in [2.05, 4.69) is 37.2 Å². The van der Waals surface area contributed by atoms with Crippen molar-refractivity contribution < 1.29 is 14.5 Å². The van der Waals surface area contributed by atoms with Crippen LogP contribution in [-0.4, -0.2) is 17.9 Å². The number of carbonyl (C=O) groups is 1. The van der Waals surface area contributed by atoms with Gasteiger partial charge in [0.05, 0.1) is 22.1 Å². The van der Waals surface area contributed by atoms with Crippen molar-refractivity contribution in [3.8, 4) is 5.75 Å². The van der Waals surface area contributed by atoms with Crippen LogP contribution >= 0.6 is 43.5 Å². The molecule has 0 aromatic heterocycles. The Hall–Kier alpha value is -1.64. The summed E-state index contributed by atoms with van der Waals surface area (Å²) >= 11 is 12.6. The van der Waals surface area contributed by atoms with Crippen molar-refractivity contribution in [3.63, 3.8) is 0 Å². The van der Waals surface area contributed by atoms with Crippen LogP contribution in [0.4, 0.5) is 11.4 Å². The van der Waals surface area contributed by atoms with Crippen molar-refractivity contribution in [2.24, 2.45) is 0 Å². The van der Waals surface area contributed by atoms with Gasteiger partial charge >= 0.3 is 0 Å². The van der Waals surface area contributed by atoms with E-state index in [-0.39, 0.29) is 10.7 Å². The van der Waals surface area contributed by atoms with E-state index < -0.39 is 10.8 Å². The fourth-order valence-electron chi connectivity index (χ4n) is 2.07. The molecule has 24 heavy (non-hydrogen) atoms. The van der Waals surface area contributed by atoms with Crippen LogP contribution in [0.15, 0.2) is 33.2 Å². The van der Waals surface area contributed by atoms with Crippen molar-refractivity contribution in [3.05, 3.63) is 59.5 Å². The molecule has 0 bridgehead atoms. The molecule has 0 unspecified atom stereocenters. The minimum atomic E-state index is -0.574. The average Bonchev–Trinajstić information content (AvgIpc) is 2.49. The second-order valence-electron chi connectivity index (χ2n) is 4.80. The Balaban J connectivity index is 2.41. The van der Waals surface area contributed by atoms with Crippen molar-refractivity contribution >= 4 is 60.7 Å². The van der Waals surface area contributed by atoms with Gasteiger partial charge in [0.1, 0.15) is 10.8 Å². The zero-order chi connectivity index (χ0) is 18.0. The highest BCUT2D eigenvalue weighted by Gasteiger charge is 2.20. The number of ether oxygens (including phenoxy) is 1. The molecular formula is C15H11Br2ClN2O4. The number of benzene rings is 2. The highest BCUT2D eigenvalue weighted by molar-refractivity contribution is 9.11. The summed E-state index contributed by atoms with van der Waals surface area (Å²) in [4.78, 5) is 22.9. The minimum Gasteiger partial charge on any atom is -0.495 e. The highest BCUT2D eigenvalue weighted by Crippen LogP contribution is 2.34. The van der Waals surface area contributed by atoms with Crippen LogP contribution in [0.5, 0.6) is 5.75 Å². The maximum absolute atomic E-state index is 12.6. The first kappa shape index (κ1) is 18.7. The fraction of sp³-hybridized carbons (Fsp3) is 0.133. The van der Waals surface area contributed by atoms with E-state index in [9.17, 15) is 14.9 Å². The Morgan fingerprint density at radius 1 is 1.29 bits per heavy atom. The van der Waals surface area contributed by atoms with Crippen molar-refractivity contribution in [2.75, 3.05) is 12.4 Å². The van der Waals surface area contributed by atoms with Crippen molar-refractivity contribution in [2.45, 2.75) is 6.92 Å². The Morgan fingerprint density at radius 2 is 1.96 bits per heavy atom. The number of nitro benzene ring substituents is 1. The van der Waals surface area contributed by atoms with Gasteiger partial charge in [-0.3, -0.25) is 14.9 Å². The lowest BCUT2D eigenvalue weighted by molar-refractivity contribution is -0.384. The van der Waals surface area contributed by atoms with E-state index in [0.717, 1.165) is 0 Å². The number of aryl methyl sites for hydroxylation is 1.